The minimum atomic E-state index is -0.975. The molecule has 180 valence electrons. The fourth-order valence-electron chi connectivity index (χ4n) is 3.72. The minimum Gasteiger partial charge on any atom is -1.00 e. The molecule has 9 nitrogen and oxygen atoms in total. The van der Waals surface area contributed by atoms with Gasteiger partial charge in [0, 0.05) is 22.8 Å². The monoisotopic (exact) mass is 506 g/mol. The standard InChI is InChI=1S/C26H19FN6O3.Na.H/c27-18-2-1-3-19(11-18)30-24(34)13-20-12-23(33-32-20)31-25-21-9-8-17(10-22(21)28-14-29-25)15-4-6-16(7-5-15)26(35)36;;/h1-12,14H,13H2,(H,30,34)(H,35,36)(H2,28,29,31,32,33);;/q;+1;-1. The molecule has 0 bridgehead atoms. The van der Waals surface area contributed by atoms with E-state index in [-0.39, 0.29) is 48.9 Å². The van der Waals surface area contributed by atoms with Crippen LogP contribution in [0.5, 0.6) is 0 Å². The second-order valence-electron chi connectivity index (χ2n) is 7.98. The SMILES string of the molecule is O=C(Cc1cc(Nc2ncnc3cc(-c4ccc(C(=O)O)cc4)ccc23)n[nH]1)Nc1cccc(F)c1.[H-].[Na+]. The zero-order chi connectivity index (χ0) is 25.1. The first-order chi connectivity index (χ1) is 17.4. The van der Waals surface area contributed by atoms with Crippen LogP contribution < -0.4 is 40.2 Å². The van der Waals surface area contributed by atoms with Gasteiger partial charge >= 0.3 is 35.5 Å². The molecule has 5 aromatic rings. The average molecular weight is 506 g/mol. The van der Waals surface area contributed by atoms with Gasteiger partial charge in [-0.3, -0.25) is 9.89 Å². The first-order valence-corrected chi connectivity index (χ1v) is 10.9. The van der Waals surface area contributed by atoms with Gasteiger partial charge in [-0.2, -0.15) is 5.10 Å². The maximum atomic E-state index is 13.3. The number of benzene rings is 3. The van der Waals surface area contributed by atoms with Crippen LogP contribution in [0.1, 0.15) is 17.5 Å². The van der Waals surface area contributed by atoms with Crippen molar-refractivity contribution in [3.63, 3.8) is 0 Å². The summed E-state index contributed by atoms with van der Waals surface area (Å²) in [6.45, 7) is 0. The normalized spacial score (nSPS) is 10.5. The number of nitrogens with one attached hydrogen (secondary N) is 3. The van der Waals surface area contributed by atoms with Crippen LogP contribution in [0.2, 0.25) is 0 Å². The van der Waals surface area contributed by atoms with Crippen molar-refractivity contribution in [1.29, 1.82) is 0 Å². The summed E-state index contributed by atoms with van der Waals surface area (Å²) in [6, 6.07) is 19.7. The van der Waals surface area contributed by atoms with Gasteiger partial charge in [0.1, 0.15) is 18.0 Å². The van der Waals surface area contributed by atoms with Crippen LogP contribution in [0.4, 0.5) is 21.7 Å². The van der Waals surface area contributed by atoms with Crippen LogP contribution in [0.25, 0.3) is 22.0 Å². The molecule has 0 saturated carbocycles. The van der Waals surface area contributed by atoms with Gasteiger partial charge in [-0.05, 0) is 53.6 Å². The van der Waals surface area contributed by atoms with Crippen molar-refractivity contribution in [1.82, 2.24) is 20.2 Å². The van der Waals surface area contributed by atoms with Crippen LogP contribution in [0, 0.1) is 5.82 Å². The summed E-state index contributed by atoms with van der Waals surface area (Å²) in [5.41, 5.74) is 3.61. The van der Waals surface area contributed by atoms with E-state index in [1.54, 1.807) is 36.4 Å². The predicted octanol–water partition coefficient (Wildman–Crippen LogP) is 1.90. The van der Waals surface area contributed by atoms with Crippen molar-refractivity contribution in [2.24, 2.45) is 0 Å². The van der Waals surface area contributed by atoms with Gasteiger partial charge in [-0.25, -0.2) is 19.2 Å². The molecule has 37 heavy (non-hydrogen) atoms. The second kappa shape index (κ2) is 11.3. The number of halogens is 1. The number of aromatic amines is 1. The van der Waals surface area contributed by atoms with Gasteiger partial charge in [-0.1, -0.05) is 24.3 Å². The van der Waals surface area contributed by atoms with Gasteiger partial charge in [0.2, 0.25) is 5.91 Å². The predicted molar refractivity (Wildman–Crippen MR) is 134 cm³/mol. The van der Waals surface area contributed by atoms with Crippen LogP contribution >= 0.6 is 0 Å². The molecular formula is C26H20FN6NaO3. The Morgan fingerprint density at radius 2 is 1.76 bits per heavy atom. The van der Waals surface area contributed by atoms with Crippen molar-refractivity contribution in [2.75, 3.05) is 10.6 Å². The van der Waals surface area contributed by atoms with E-state index in [9.17, 15) is 14.0 Å². The van der Waals surface area contributed by atoms with Crippen molar-refractivity contribution in [3.8, 4) is 11.1 Å². The quantitative estimate of drug-likeness (QED) is 0.248. The van der Waals surface area contributed by atoms with E-state index in [1.165, 1.54) is 24.5 Å². The third-order valence-electron chi connectivity index (χ3n) is 5.44. The molecule has 0 fully saturated rings. The van der Waals surface area contributed by atoms with Crippen molar-refractivity contribution in [3.05, 3.63) is 96.2 Å². The van der Waals surface area contributed by atoms with Crippen molar-refractivity contribution in [2.45, 2.75) is 6.42 Å². The molecule has 0 unspecified atom stereocenters. The van der Waals surface area contributed by atoms with Crippen LogP contribution in [-0.2, 0) is 11.2 Å². The molecule has 0 aliphatic carbocycles. The summed E-state index contributed by atoms with van der Waals surface area (Å²) in [5.74, 6) is -0.711. The van der Waals surface area contributed by atoms with Gasteiger partial charge in [0.15, 0.2) is 5.82 Å². The number of hydrogen-bond donors (Lipinski definition) is 4. The van der Waals surface area contributed by atoms with E-state index in [0.29, 0.717) is 28.5 Å². The Balaban J connectivity index is 0.00000200. The molecule has 0 aliphatic heterocycles. The fraction of sp³-hybridized carbons (Fsp3) is 0.0385. The third-order valence-corrected chi connectivity index (χ3v) is 5.44. The number of hydrogen-bond acceptors (Lipinski definition) is 6. The number of amides is 1. The number of carboxylic acids is 1. The summed E-state index contributed by atoms with van der Waals surface area (Å²) in [7, 11) is 0. The van der Waals surface area contributed by atoms with Crippen LogP contribution in [-0.4, -0.2) is 37.1 Å². The molecule has 5 rings (SSSR count). The second-order valence-corrected chi connectivity index (χ2v) is 7.98. The third kappa shape index (κ3) is 6.18. The van der Waals surface area contributed by atoms with E-state index in [4.69, 9.17) is 5.11 Å². The maximum Gasteiger partial charge on any atom is 1.00 e. The Labute approximate surface area is 233 Å². The molecule has 0 atom stereocenters. The first kappa shape index (κ1) is 26.0. The first-order valence-electron chi connectivity index (χ1n) is 10.9. The molecule has 2 aromatic heterocycles. The van der Waals surface area contributed by atoms with E-state index < -0.39 is 11.8 Å². The number of carbonyl (C=O) groups excluding carboxylic acids is 1. The number of fused-ring (bicyclic) bond motifs is 1. The number of rotatable bonds is 7. The molecule has 0 radical (unpaired) electrons. The summed E-state index contributed by atoms with van der Waals surface area (Å²) >= 11 is 0. The molecular weight excluding hydrogens is 486 g/mol. The van der Waals surface area contributed by atoms with Gasteiger partial charge in [-0.15, -0.1) is 0 Å². The summed E-state index contributed by atoms with van der Waals surface area (Å²) in [5, 5.41) is 22.6. The van der Waals surface area contributed by atoms with E-state index in [1.807, 2.05) is 18.2 Å². The maximum absolute atomic E-state index is 13.3. The number of carbonyl (C=O) groups is 2. The molecule has 0 saturated heterocycles. The molecule has 1 amide bonds. The van der Waals surface area contributed by atoms with Gasteiger partial charge in [0.25, 0.3) is 0 Å². The Hall–Kier alpha value is -4.12. The molecule has 11 heteroatoms. The fourth-order valence-corrected chi connectivity index (χ4v) is 3.72. The zero-order valence-electron chi connectivity index (χ0n) is 20.7. The summed E-state index contributed by atoms with van der Waals surface area (Å²) in [6.07, 6.45) is 1.46. The number of anilines is 3. The topological polar surface area (TPSA) is 133 Å². The Bertz CT molecular complexity index is 1600. The number of nitrogens with zero attached hydrogens (tertiary/aromatic N) is 3. The molecule has 0 spiro atoms. The number of carboxylic acid groups (broad SMARTS) is 1. The van der Waals surface area contributed by atoms with Crippen molar-refractivity contribution >= 4 is 40.1 Å². The summed E-state index contributed by atoms with van der Waals surface area (Å²) < 4.78 is 13.3. The molecule has 3 aromatic carbocycles. The number of aromatic nitrogens is 4. The van der Waals surface area contributed by atoms with E-state index >= 15 is 0 Å². The zero-order valence-corrected chi connectivity index (χ0v) is 21.7. The number of aromatic carboxylic acids is 1. The smallest absolute Gasteiger partial charge is 1.00 e. The molecule has 4 N–H and O–H groups in total. The van der Waals surface area contributed by atoms with Gasteiger partial charge < -0.3 is 17.2 Å². The van der Waals surface area contributed by atoms with E-state index in [2.05, 4.69) is 30.8 Å². The van der Waals surface area contributed by atoms with Gasteiger partial charge in [0.05, 0.1) is 17.5 Å². The Kier molecular flexibility index (Phi) is 7.92. The van der Waals surface area contributed by atoms with Crippen LogP contribution in [0.15, 0.2) is 79.1 Å². The largest absolute Gasteiger partial charge is 1.00 e. The van der Waals surface area contributed by atoms with E-state index in [0.717, 1.165) is 16.5 Å². The number of H-pyrrole nitrogens is 1. The molecule has 2 heterocycles. The molecule has 0 aliphatic rings. The summed E-state index contributed by atoms with van der Waals surface area (Å²) in [4.78, 5) is 32.0. The Morgan fingerprint density at radius 1 is 0.973 bits per heavy atom. The van der Waals surface area contributed by atoms with Crippen molar-refractivity contribution < 1.29 is 50.1 Å². The average Bonchev–Trinajstić information content (AvgIpc) is 3.30. The Morgan fingerprint density at radius 3 is 2.51 bits per heavy atom. The van der Waals surface area contributed by atoms with Crippen LogP contribution in [0.3, 0.4) is 0 Å². The minimum absolute atomic E-state index is 0.